The van der Waals surface area contributed by atoms with Gasteiger partial charge in [0.05, 0.1) is 19.3 Å². The number of carbonyl (C=O) groups is 1. The minimum absolute atomic E-state index is 0.377. The smallest absolute Gasteiger partial charge is 0.408 e. The van der Waals surface area contributed by atoms with E-state index in [1.54, 1.807) is 19.1 Å². The van der Waals surface area contributed by atoms with Crippen LogP contribution in [0.2, 0.25) is 5.02 Å². The Bertz CT molecular complexity index is 866. The van der Waals surface area contributed by atoms with Gasteiger partial charge in [-0.1, -0.05) is 11.6 Å². The quantitative estimate of drug-likeness (QED) is 0.734. The summed E-state index contributed by atoms with van der Waals surface area (Å²) in [5, 5.41) is 6.59. The van der Waals surface area contributed by atoms with Crippen molar-refractivity contribution in [1.82, 2.24) is 20.3 Å². The Labute approximate surface area is 181 Å². The monoisotopic (exact) mass is 434 g/mol. The number of nitrogens with zero attached hydrogens (tertiary/aromatic N) is 4. The van der Waals surface area contributed by atoms with E-state index in [4.69, 9.17) is 21.1 Å². The lowest BCUT2D eigenvalue weighted by atomic mass is 10.2. The maximum absolute atomic E-state index is 12.2. The molecular formula is C20H27ClN6O3. The first-order valence-corrected chi connectivity index (χ1v) is 10.2. The minimum atomic E-state index is -0.594. The molecule has 0 radical (unpaired) electrons. The third-order valence-corrected chi connectivity index (χ3v) is 4.41. The lowest BCUT2D eigenvalue weighted by Crippen LogP contribution is -2.38. The molecule has 1 aromatic heterocycles. The number of ether oxygens (including phenoxy) is 2. The Kier molecular flexibility index (Phi) is 6.94. The van der Waals surface area contributed by atoms with Crippen LogP contribution in [0.25, 0.3) is 0 Å². The van der Waals surface area contributed by atoms with E-state index in [1.165, 1.54) is 0 Å². The van der Waals surface area contributed by atoms with Crippen LogP contribution in [0.5, 0.6) is 0 Å². The van der Waals surface area contributed by atoms with E-state index in [1.807, 2.05) is 37.8 Å². The molecule has 1 atom stereocenters. The summed E-state index contributed by atoms with van der Waals surface area (Å²) in [5.41, 5.74) is 0.195. The van der Waals surface area contributed by atoms with Gasteiger partial charge in [-0.05, 0) is 52.0 Å². The average molecular weight is 435 g/mol. The van der Waals surface area contributed by atoms with Crippen molar-refractivity contribution in [3.8, 4) is 0 Å². The van der Waals surface area contributed by atoms with Crippen LogP contribution in [0.4, 0.5) is 22.4 Å². The summed E-state index contributed by atoms with van der Waals surface area (Å²) < 4.78 is 10.8. The molecule has 162 valence electrons. The van der Waals surface area contributed by atoms with Crippen molar-refractivity contribution in [3.63, 3.8) is 0 Å². The van der Waals surface area contributed by atoms with Gasteiger partial charge in [0.1, 0.15) is 5.60 Å². The Morgan fingerprint density at radius 1 is 1.17 bits per heavy atom. The number of aromatic nitrogens is 3. The molecule has 1 aliphatic rings. The van der Waals surface area contributed by atoms with Crippen LogP contribution in [0.1, 0.15) is 39.6 Å². The minimum Gasteiger partial charge on any atom is -0.444 e. The molecule has 10 heteroatoms. The lowest BCUT2D eigenvalue weighted by molar-refractivity contribution is 0.0505. The molecule has 1 aromatic carbocycles. The molecule has 30 heavy (non-hydrogen) atoms. The van der Waals surface area contributed by atoms with Gasteiger partial charge in [-0.2, -0.15) is 15.0 Å². The lowest BCUT2D eigenvalue weighted by Gasteiger charge is -2.27. The molecule has 0 saturated carbocycles. The van der Waals surface area contributed by atoms with Gasteiger partial charge in [0, 0.05) is 23.8 Å². The van der Waals surface area contributed by atoms with E-state index in [-0.39, 0.29) is 0 Å². The molecule has 1 saturated heterocycles. The number of halogens is 1. The summed E-state index contributed by atoms with van der Waals surface area (Å²) in [4.78, 5) is 27.8. The van der Waals surface area contributed by atoms with E-state index in [9.17, 15) is 4.79 Å². The fraction of sp³-hybridized carbons (Fsp3) is 0.500. The SMILES string of the molecule is C[C@H](NC(=O)OC(C)(C)C)c1nc(Nc2ccc(Cl)cc2)nc(N2CCOCC2)n1. The van der Waals surface area contributed by atoms with E-state index in [0.29, 0.717) is 49.0 Å². The van der Waals surface area contributed by atoms with Crippen molar-refractivity contribution >= 4 is 35.3 Å². The number of rotatable bonds is 5. The van der Waals surface area contributed by atoms with Gasteiger partial charge in [0.2, 0.25) is 11.9 Å². The number of hydrogen-bond donors (Lipinski definition) is 2. The first-order valence-electron chi connectivity index (χ1n) is 9.80. The second-order valence-corrected chi connectivity index (χ2v) is 8.35. The fourth-order valence-corrected chi connectivity index (χ4v) is 2.87. The molecular weight excluding hydrogens is 408 g/mol. The van der Waals surface area contributed by atoms with Crippen LogP contribution in [-0.2, 0) is 9.47 Å². The van der Waals surface area contributed by atoms with E-state index < -0.39 is 17.7 Å². The first-order chi connectivity index (χ1) is 14.2. The van der Waals surface area contributed by atoms with Gasteiger partial charge in [0.15, 0.2) is 5.82 Å². The van der Waals surface area contributed by atoms with Gasteiger partial charge in [-0.15, -0.1) is 0 Å². The van der Waals surface area contributed by atoms with Crippen LogP contribution < -0.4 is 15.5 Å². The third kappa shape index (κ3) is 6.43. The highest BCUT2D eigenvalue weighted by Crippen LogP contribution is 2.21. The van der Waals surface area contributed by atoms with Gasteiger partial charge in [-0.25, -0.2) is 4.79 Å². The topological polar surface area (TPSA) is 102 Å². The summed E-state index contributed by atoms with van der Waals surface area (Å²) in [6.07, 6.45) is -0.532. The predicted octanol–water partition coefficient (Wildman–Crippen LogP) is 3.69. The Balaban J connectivity index is 1.84. The number of anilines is 3. The molecule has 2 heterocycles. The standard InChI is InChI=1S/C20H27ClN6O3/c1-13(22-19(28)30-20(2,3)4)16-24-17(23-15-7-5-14(21)6-8-15)26-18(25-16)27-9-11-29-12-10-27/h5-8,13H,9-12H2,1-4H3,(H,22,28)(H,23,24,25,26)/t13-/m0/s1. The molecule has 0 bridgehead atoms. The number of nitrogens with one attached hydrogen (secondary N) is 2. The van der Waals surface area contributed by atoms with Crippen LogP contribution in [-0.4, -0.2) is 52.9 Å². The summed E-state index contributed by atoms with van der Waals surface area (Å²) in [6.45, 7) is 9.80. The van der Waals surface area contributed by atoms with Crippen molar-refractivity contribution in [1.29, 1.82) is 0 Å². The summed E-state index contributed by atoms with van der Waals surface area (Å²) in [6, 6.07) is 6.75. The molecule has 3 rings (SSSR count). The molecule has 1 amide bonds. The highest BCUT2D eigenvalue weighted by molar-refractivity contribution is 6.30. The first kappa shape index (κ1) is 22.0. The van der Waals surface area contributed by atoms with E-state index >= 15 is 0 Å². The van der Waals surface area contributed by atoms with Gasteiger partial charge < -0.3 is 25.0 Å². The molecule has 2 N–H and O–H groups in total. The van der Waals surface area contributed by atoms with Gasteiger partial charge >= 0.3 is 6.09 Å². The van der Waals surface area contributed by atoms with Crippen molar-refractivity contribution in [2.24, 2.45) is 0 Å². The number of carbonyl (C=O) groups excluding carboxylic acids is 1. The zero-order valence-corrected chi connectivity index (χ0v) is 18.4. The van der Waals surface area contributed by atoms with Crippen molar-refractivity contribution < 1.29 is 14.3 Å². The fourth-order valence-electron chi connectivity index (χ4n) is 2.75. The average Bonchev–Trinajstić information content (AvgIpc) is 2.68. The maximum atomic E-state index is 12.2. The molecule has 0 aliphatic carbocycles. The second kappa shape index (κ2) is 9.44. The zero-order chi connectivity index (χ0) is 21.7. The summed E-state index contributed by atoms with van der Waals surface area (Å²) >= 11 is 5.96. The van der Waals surface area contributed by atoms with Crippen molar-refractivity contribution in [2.45, 2.75) is 39.3 Å². The Morgan fingerprint density at radius 2 is 1.83 bits per heavy atom. The van der Waals surface area contributed by atoms with Crippen molar-refractivity contribution in [3.05, 3.63) is 35.1 Å². The summed E-state index contributed by atoms with van der Waals surface area (Å²) in [5.74, 6) is 1.33. The predicted molar refractivity (Wildman–Crippen MR) is 115 cm³/mol. The highest BCUT2D eigenvalue weighted by Gasteiger charge is 2.22. The normalized spacial score (nSPS) is 15.4. The molecule has 9 nitrogen and oxygen atoms in total. The largest absolute Gasteiger partial charge is 0.444 e. The molecule has 0 spiro atoms. The second-order valence-electron chi connectivity index (χ2n) is 7.92. The molecule has 2 aromatic rings. The molecule has 1 aliphatic heterocycles. The number of hydrogen-bond acceptors (Lipinski definition) is 8. The number of alkyl carbamates (subject to hydrolysis) is 1. The van der Waals surface area contributed by atoms with E-state index in [2.05, 4.69) is 25.6 Å². The number of morpholine rings is 1. The Morgan fingerprint density at radius 3 is 2.47 bits per heavy atom. The highest BCUT2D eigenvalue weighted by atomic mass is 35.5. The van der Waals surface area contributed by atoms with Crippen LogP contribution in [0, 0.1) is 0 Å². The number of amides is 1. The Hall–Kier alpha value is -2.65. The molecule has 0 unspecified atom stereocenters. The number of benzene rings is 1. The van der Waals surface area contributed by atoms with Crippen LogP contribution in [0.15, 0.2) is 24.3 Å². The van der Waals surface area contributed by atoms with Crippen molar-refractivity contribution in [2.75, 3.05) is 36.5 Å². The van der Waals surface area contributed by atoms with E-state index in [0.717, 1.165) is 5.69 Å². The zero-order valence-electron chi connectivity index (χ0n) is 17.6. The van der Waals surface area contributed by atoms with Gasteiger partial charge in [0.25, 0.3) is 0 Å². The third-order valence-electron chi connectivity index (χ3n) is 4.16. The van der Waals surface area contributed by atoms with Crippen LogP contribution >= 0.6 is 11.6 Å². The molecule has 1 fully saturated rings. The maximum Gasteiger partial charge on any atom is 0.408 e. The summed E-state index contributed by atoms with van der Waals surface area (Å²) in [7, 11) is 0. The van der Waals surface area contributed by atoms with Crippen LogP contribution in [0.3, 0.4) is 0 Å². The van der Waals surface area contributed by atoms with Gasteiger partial charge in [-0.3, -0.25) is 0 Å².